The third-order valence-corrected chi connectivity index (χ3v) is 5.18. The van der Waals surface area contributed by atoms with E-state index in [1.54, 1.807) is 17.7 Å². The standard InChI is InChI=1S/C19H14ClN3S/c1-12-7-8-14(9-16(12)20)23-18-17-15(13-5-3-2-4-6-13)10-24-19(17)22-11-21-18/h2-11H,1H3,(H,21,22,23). The monoisotopic (exact) mass is 351 g/mol. The number of hydrogen-bond acceptors (Lipinski definition) is 4. The van der Waals surface area contributed by atoms with Crippen LogP contribution in [0.1, 0.15) is 5.56 Å². The summed E-state index contributed by atoms with van der Waals surface area (Å²) in [6, 6.07) is 16.2. The molecular weight excluding hydrogens is 338 g/mol. The molecular formula is C19H14ClN3S. The molecule has 2 heterocycles. The van der Waals surface area contributed by atoms with Crippen molar-refractivity contribution in [1.29, 1.82) is 0 Å². The fraction of sp³-hybridized carbons (Fsp3) is 0.0526. The van der Waals surface area contributed by atoms with E-state index in [2.05, 4.69) is 32.8 Å². The van der Waals surface area contributed by atoms with Crippen molar-refractivity contribution in [3.8, 4) is 11.1 Å². The zero-order valence-electron chi connectivity index (χ0n) is 13.0. The van der Waals surface area contributed by atoms with Crippen molar-refractivity contribution in [3.05, 3.63) is 70.8 Å². The van der Waals surface area contributed by atoms with Gasteiger partial charge < -0.3 is 5.32 Å². The van der Waals surface area contributed by atoms with Crippen molar-refractivity contribution in [3.63, 3.8) is 0 Å². The van der Waals surface area contributed by atoms with E-state index in [0.29, 0.717) is 0 Å². The molecule has 0 atom stereocenters. The van der Waals surface area contributed by atoms with Crippen molar-refractivity contribution < 1.29 is 0 Å². The van der Waals surface area contributed by atoms with Crippen LogP contribution in [0.3, 0.4) is 0 Å². The quantitative estimate of drug-likeness (QED) is 0.487. The first kappa shape index (κ1) is 15.1. The Morgan fingerprint density at radius 1 is 1.04 bits per heavy atom. The molecule has 0 aliphatic carbocycles. The van der Waals surface area contributed by atoms with Gasteiger partial charge in [0, 0.05) is 21.7 Å². The third kappa shape index (κ3) is 2.75. The Balaban J connectivity index is 1.83. The Labute approximate surface area is 149 Å². The molecule has 0 amide bonds. The zero-order chi connectivity index (χ0) is 16.5. The van der Waals surface area contributed by atoms with Crippen LogP contribution in [0.2, 0.25) is 5.02 Å². The van der Waals surface area contributed by atoms with Gasteiger partial charge in [0.1, 0.15) is 17.0 Å². The Hall–Kier alpha value is -2.43. The molecule has 1 N–H and O–H groups in total. The minimum absolute atomic E-state index is 0.735. The summed E-state index contributed by atoms with van der Waals surface area (Å²) in [6.07, 6.45) is 1.59. The average molecular weight is 352 g/mol. The second kappa shape index (κ2) is 6.23. The Morgan fingerprint density at radius 2 is 1.88 bits per heavy atom. The zero-order valence-corrected chi connectivity index (χ0v) is 14.5. The van der Waals surface area contributed by atoms with E-state index >= 15 is 0 Å². The number of aryl methyl sites for hydroxylation is 1. The number of nitrogens with one attached hydrogen (secondary N) is 1. The second-order valence-corrected chi connectivity index (χ2v) is 6.77. The number of anilines is 2. The molecule has 0 radical (unpaired) electrons. The fourth-order valence-corrected chi connectivity index (χ4v) is 3.70. The Bertz CT molecular complexity index is 1010. The SMILES string of the molecule is Cc1ccc(Nc2ncnc3scc(-c4ccccc4)c23)cc1Cl. The molecule has 0 saturated carbocycles. The predicted molar refractivity (Wildman–Crippen MR) is 102 cm³/mol. The maximum atomic E-state index is 6.23. The summed E-state index contributed by atoms with van der Waals surface area (Å²) in [6.45, 7) is 1.99. The van der Waals surface area contributed by atoms with Crippen molar-refractivity contribution in [1.82, 2.24) is 9.97 Å². The van der Waals surface area contributed by atoms with Gasteiger partial charge in [0.2, 0.25) is 0 Å². The first-order chi connectivity index (χ1) is 11.7. The van der Waals surface area contributed by atoms with Gasteiger partial charge in [-0.2, -0.15) is 0 Å². The number of hydrogen-bond donors (Lipinski definition) is 1. The molecule has 4 aromatic rings. The topological polar surface area (TPSA) is 37.8 Å². The van der Waals surface area contributed by atoms with Gasteiger partial charge in [-0.1, -0.05) is 48.0 Å². The van der Waals surface area contributed by atoms with Gasteiger partial charge in [-0.15, -0.1) is 11.3 Å². The molecule has 0 spiro atoms. The highest BCUT2D eigenvalue weighted by Crippen LogP contribution is 2.37. The van der Waals surface area contributed by atoms with Crippen LogP contribution >= 0.6 is 22.9 Å². The van der Waals surface area contributed by atoms with Crippen LogP contribution in [0.15, 0.2) is 60.2 Å². The lowest BCUT2D eigenvalue weighted by Gasteiger charge is -2.09. The summed E-state index contributed by atoms with van der Waals surface area (Å²) in [4.78, 5) is 9.82. The molecule has 0 aliphatic rings. The molecule has 2 aromatic heterocycles. The van der Waals surface area contributed by atoms with E-state index in [9.17, 15) is 0 Å². The summed E-state index contributed by atoms with van der Waals surface area (Å²) in [5, 5.41) is 7.28. The molecule has 4 rings (SSSR count). The van der Waals surface area contributed by atoms with E-state index in [4.69, 9.17) is 11.6 Å². The van der Waals surface area contributed by atoms with E-state index in [1.165, 1.54) is 0 Å². The average Bonchev–Trinajstić information content (AvgIpc) is 3.04. The van der Waals surface area contributed by atoms with E-state index < -0.39 is 0 Å². The summed E-state index contributed by atoms with van der Waals surface area (Å²) in [5.41, 5.74) is 4.26. The highest BCUT2D eigenvalue weighted by atomic mass is 35.5. The van der Waals surface area contributed by atoms with E-state index in [-0.39, 0.29) is 0 Å². The highest BCUT2D eigenvalue weighted by molar-refractivity contribution is 7.17. The van der Waals surface area contributed by atoms with Crippen LogP contribution in [0.25, 0.3) is 21.3 Å². The molecule has 5 heteroatoms. The van der Waals surface area contributed by atoms with Crippen LogP contribution in [0, 0.1) is 6.92 Å². The molecule has 0 unspecified atom stereocenters. The summed E-state index contributed by atoms with van der Waals surface area (Å²) < 4.78 is 0. The van der Waals surface area contributed by atoms with E-state index in [1.807, 2.05) is 43.3 Å². The van der Waals surface area contributed by atoms with Crippen LogP contribution in [-0.4, -0.2) is 9.97 Å². The van der Waals surface area contributed by atoms with Crippen molar-refractivity contribution in [2.75, 3.05) is 5.32 Å². The number of halogens is 1. The van der Waals surface area contributed by atoms with Gasteiger partial charge in [-0.3, -0.25) is 0 Å². The first-order valence-electron chi connectivity index (χ1n) is 7.53. The lowest BCUT2D eigenvalue weighted by atomic mass is 10.1. The Kier molecular flexibility index (Phi) is 3.92. The summed E-state index contributed by atoms with van der Waals surface area (Å²) >= 11 is 7.86. The van der Waals surface area contributed by atoms with Crippen LogP contribution in [0.5, 0.6) is 0 Å². The van der Waals surface area contributed by atoms with Gasteiger partial charge >= 0.3 is 0 Å². The molecule has 118 valence electrons. The van der Waals surface area contributed by atoms with Crippen LogP contribution < -0.4 is 5.32 Å². The number of nitrogens with zero attached hydrogens (tertiary/aromatic N) is 2. The normalized spacial score (nSPS) is 10.9. The fourth-order valence-electron chi connectivity index (χ4n) is 2.61. The predicted octanol–water partition coefficient (Wildman–Crippen LogP) is 6.06. The molecule has 0 aliphatic heterocycles. The minimum atomic E-state index is 0.735. The summed E-state index contributed by atoms with van der Waals surface area (Å²) in [5.74, 6) is 0.792. The van der Waals surface area contributed by atoms with Gasteiger partial charge in [-0.05, 0) is 30.2 Å². The van der Waals surface area contributed by atoms with Crippen LogP contribution in [-0.2, 0) is 0 Å². The molecule has 0 fully saturated rings. The van der Waals surface area contributed by atoms with Gasteiger partial charge in [0.05, 0.1) is 5.39 Å². The van der Waals surface area contributed by atoms with Gasteiger partial charge in [0.15, 0.2) is 0 Å². The number of fused-ring (bicyclic) bond motifs is 1. The lowest BCUT2D eigenvalue weighted by molar-refractivity contribution is 1.23. The molecule has 2 aromatic carbocycles. The maximum absolute atomic E-state index is 6.23. The first-order valence-corrected chi connectivity index (χ1v) is 8.79. The van der Waals surface area contributed by atoms with Crippen molar-refractivity contribution >= 4 is 44.7 Å². The number of thiophene rings is 1. The molecule has 0 saturated heterocycles. The Morgan fingerprint density at radius 3 is 2.67 bits per heavy atom. The smallest absolute Gasteiger partial charge is 0.143 e. The molecule has 0 bridgehead atoms. The number of benzene rings is 2. The van der Waals surface area contributed by atoms with Crippen molar-refractivity contribution in [2.24, 2.45) is 0 Å². The minimum Gasteiger partial charge on any atom is -0.340 e. The third-order valence-electron chi connectivity index (χ3n) is 3.89. The van der Waals surface area contributed by atoms with Crippen LogP contribution in [0.4, 0.5) is 11.5 Å². The van der Waals surface area contributed by atoms with E-state index in [0.717, 1.165) is 43.4 Å². The number of rotatable bonds is 3. The molecule has 24 heavy (non-hydrogen) atoms. The number of aromatic nitrogens is 2. The maximum Gasteiger partial charge on any atom is 0.143 e. The van der Waals surface area contributed by atoms with Gasteiger partial charge in [-0.25, -0.2) is 9.97 Å². The highest BCUT2D eigenvalue weighted by Gasteiger charge is 2.13. The van der Waals surface area contributed by atoms with Crippen molar-refractivity contribution in [2.45, 2.75) is 6.92 Å². The second-order valence-electron chi connectivity index (χ2n) is 5.51. The molecule has 3 nitrogen and oxygen atoms in total. The summed E-state index contributed by atoms with van der Waals surface area (Å²) in [7, 11) is 0. The lowest BCUT2D eigenvalue weighted by Crippen LogP contribution is -1.96. The largest absolute Gasteiger partial charge is 0.340 e. The van der Waals surface area contributed by atoms with Gasteiger partial charge in [0.25, 0.3) is 0 Å².